The van der Waals surface area contributed by atoms with E-state index in [0.717, 1.165) is 17.8 Å². The average Bonchev–Trinajstić information content (AvgIpc) is 2.51. The number of hydrogen-bond acceptors (Lipinski definition) is 3. The van der Waals surface area contributed by atoms with Gasteiger partial charge in [0.2, 0.25) is 0 Å². The summed E-state index contributed by atoms with van der Waals surface area (Å²) in [6.45, 7) is 3.82. The van der Waals surface area contributed by atoms with Crippen molar-refractivity contribution in [2.24, 2.45) is 11.7 Å². The molecule has 0 spiro atoms. The van der Waals surface area contributed by atoms with Crippen LogP contribution in [0.3, 0.4) is 0 Å². The van der Waals surface area contributed by atoms with Gasteiger partial charge in [-0.25, -0.2) is 0 Å². The Morgan fingerprint density at radius 1 is 1.62 bits per heavy atom. The topological polar surface area (TPSA) is 56.2 Å². The molecule has 1 unspecified atom stereocenters. The minimum atomic E-state index is -0.182. The standard InChI is InChI=1S/C10H15NO2/c1-7(5-6-12)10(11)9-4-3-8(2)13-9/h3-4,6-7,10H,5,11H2,1-2H3/t7?,10-/m1/s1. The fourth-order valence-corrected chi connectivity index (χ4v) is 1.21. The highest BCUT2D eigenvalue weighted by molar-refractivity contribution is 5.49. The highest BCUT2D eigenvalue weighted by atomic mass is 16.3. The fourth-order valence-electron chi connectivity index (χ4n) is 1.21. The monoisotopic (exact) mass is 181 g/mol. The summed E-state index contributed by atoms with van der Waals surface area (Å²) in [5.41, 5.74) is 5.89. The van der Waals surface area contributed by atoms with Gasteiger partial charge in [0.1, 0.15) is 17.8 Å². The zero-order valence-corrected chi connectivity index (χ0v) is 7.99. The number of furan rings is 1. The van der Waals surface area contributed by atoms with Crippen LogP contribution in [0.4, 0.5) is 0 Å². The molecule has 72 valence electrons. The van der Waals surface area contributed by atoms with Crippen molar-refractivity contribution >= 4 is 6.29 Å². The van der Waals surface area contributed by atoms with Gasteiger partial charge in [0.15, 0.2) is 0 Å². The molecule has 0 aliphatic heterocycles. The first kappa shape index (κ1) is 9.99. The summed E-state index contributed by atoms with van der Waals surface area (Å²) in [4.78, 5) is 10.3. The summed E-state index contributed by atoms with van der Waals surface area (Å²) in [5.74, 6) is 1.73. The maximum absolute atomic E-state index is 10.3. The van der Waals surface area contributed by atoms with Crippen LogP contribution in [0.2, 0.25) is 0 Å². The number of carbonyl (C=O) groups is 1. The van der Waals surface area contributed by atoms with Crippen molar-refractivity contribution in [2.45, 2.75) is 26.3 Å². The molecule has 0 aromatic carbocycles. The third kappa shape index (κ3) is 2.42. The highest BCUT2D eigenvalue weighted by Gasteiger charge is 2.17. The predicted molar refractivity (Wildman–Crippen MR) is 50.2 cm³/mol. The molecule has 13 heavy (non-hydrogen) atoms. The van der Waals surface area contributed by atoms with Gasteiger partial charge in [-0.1, -0.05) is 6.92 Å². The second kappa shape index (κ2) is 4.23. The number of carbonyl (C=O) groups excluding carboxylic acids is 1. The SMILES string of the molecule is Cc1ccc([C@H](N)C(C)CC=O)o1. The zero-order valence-electron chi connectivity index (χ0n) is 7.99. The molecule has 0 aliphatic carbocycles. The number of hydrogen-bond donors (Lipinski definition) is 1. The lowest BCUT2D eigenvalue weighted by Gasteiger charge is -2.14. The molecule has 2 N–H and O–H groups in total. The van der Waals surface area contributed by atoms with E-state index >= 15 is 0 Å². The van der Waals surface area contributed by atoms with Gasteiger partial charge in [0, 0.05) is 6.42 Å². The van der Waals surface area contributed by atoms with Crippen LogP contribution in [0.15, 0.2) is 16.5 Å². The summed E-state index contributed by atoms with van der Waals surface area (Å²) < 4.78 is 5.37. The van der Waals surface area contributed by atoms with Crippen molar-refractivity contribution in [3.8, 4) is 0 Å². The van der Waals surface area contributed by atoms with Crippen LogP contribution < -0.4 is 5.73 Å². The number of aryl methyl sites for hydroxylation is 1. The smallest absolute Gasteiger partial charge is 0.121 e. The molecule has 0 saturated carbocycles. The first-order valence-electron chi connectivity index (χ1n) is 4.40. The van der Waals surface area contributed by atoms with Crippen molar-refractivity contribution in [1.29, 1.82) is 0 Å². The van der Waals surface area contributed by atoms with Gasteiger partial charge >= 0.3 is 0 Å². The lowest BCUT2D eigenvalue weighted by atomic mass is 9.98. The Morgan fingerprint density at radius 2 is 2.31 bits per heavy atom. The first-order chi connectivity index (χ1) is 6.15. The molecule has 0 fully saturated rings. The van der Waals surface area contributed by atoms with E-state index in [0.29, 0.717) is 6.42 Å². The van der Waals surface area contributed by atoms with Gasteiger partial charge < -0.3 is 14.9 Å². The highest BCUT2D eigenvalue weighted by Crippen LogP contribution is 2.22. The maximum Gasteiger partial charge on any atom is 0.121 e. The van der Waals surface area contributed by atoms with Crippen LogP contribution in [0.5, 0.6) is 0 Å². The van der Waals surface area contributed by atoms with Crippen molar-refractivity contribution in [2.75, 3.05) is 0 Å². The van der Waals surface area contributed by atoms with Gasteiger partial charge in [-0.3, -0.25) is 0 Å². The van der Waals surface area contributed by atoms with Crippen molar-refractivity contribution in [3.63, 3.8) is 0 Å². The molecule has 2 atom stereocenters. The molecule has 3 heteroatoms. The van der Waals surface area contributed by atoms with Gasteiger partial charge in [0.05, 0.1) is 6.04 Å². The Hall–Kier alpha value is -1.09. The molecule has 1 rings (SSSR count). The van der Waals surface area contributed by atoms with Crippen LogP contribution in [0, 0.1) is 12.8 Å². The molecule has 1 aromatic rings. The van der Waals surface area contributed by atoms with E-state index in [-0.39, 0.29) is 12.0 Å². The summed E-state index contributed by atoms with van der Waals surface area (Å²) >= 11 is 0. The normalized spacial score (nSPS) is 15.3. The summed E-state index contributed by atoms with van der Waals surface area (Å²) in [6, 6.07) is 3.56. The lowest BCUT2D eigenvalue weighted by Crippen LogP contribution is -2.18. The van der Waals surface area contributed by atoms with Crippen molar-refractivity contribution in [1.82, 2.24) is 0 Å². The largest absolute Gasteiger partial charge is 0.465 e. The third-order valence-corrected chi connectivity index (χ3v) is 2.17. The Bertz CT molecular complexity index is 280. The number of nitrogens with two attached hydrogens (primary N) is 1. The minimum Gasteiger partial charge on any atom is -0.465 e. The van der Waals surface area contributed by atoms with Gasteiger partial charge in [-0.05, 0) is 25.0 Å². The Labute approximate surface area is 77.9 Å². The zero-order chi connectivity index (χ0) is 9.84. The van der Waals surface area contributed by atoms with E-state index < -0.39 is 0 Å². The maximum atomic E-state index is 10.3. The Balaban J connectivity index is 2.66. The molecule has 0 radical (unpaired) electrons. The molecule has 0 amide bonds. The molecule has 0 aliphatic rings. The van der Waals surface area contributed by atoms with E-state index in [1.165, 1.54) is 0 Å². The molecule has 3 nitrogen and oxygen atoms in total. The van der Waals surface area contributed by atoms with Crippen LogP contribution in [-0.2, 0) is 4.79 Å². The predicted octanol–water partition coefficient (Wildman–Crippen LogP) is 1.81. The minimum absolute atomic E-state index is 0.128. The van der Waals surface area contributed by atoms with Crippen LogP contribution >= 0.6 is 0 Å². The summed E-state index contributed by atoms with van der Waals surface area (Å²) in [6.07, 6.45) is 1.36. The van der Waals surface area contributed by atoms with E-state index in [4.69, 9.17) is 10.2 Å². The quantitative estimate of drug-likeness (QED) is 0.721. The number of rotatable bonds is 4. The van der Waals surface area contributed by atoms with Crippen LogP contribution in [0.1, 0.15) is 30.9 Å². The van der Waals surface area contributed by atoms with Crippen molar-refractivity contribution < 1.29 is 9.21 Å². The van der Waals surface area contributed by atoms with E-state index in [1.54, 1.807) is 0 Å². The number of aldehydes is 1. The van der Waals surface area contributed by atoms with E-state index in [9.17, 15) is 4.79 Å². The summed E-state index contributed by atoms with van der Waals surface area (Å²) in [5, 5.41) is 0. The molecule has 1 aromatic heterocycles. The molecule has 0 bridgehead atoms. The van der Waals surface area contributed by atoms with Gasteiger partial charge in [-0.15, -0.1) is 0 Å². The molecule has 0 saturated heterocycles. The second-order valence-electron chi connectivity index (χ2n) is 3.35. The lowest BCUT2D eigenvalue weighted by molar-refractivity contribution is -0.108. The first-order valence-corrected chi connectivity index (χ1v) is 4.40. The fraction of sp³-hybridized carbons (Fsp3) is 0.500. The van der Waals surface area contributed by atoms with Crippen molar-refractivity contribution in [3.05, 3.63) is 23.7 Å². The Morgan fingerprint density at radius 3 is 2.77 bits per heavy atom. The second-order valence-corrected chi connectivity index (χ2v) is 3.35. The van der Waals surface area contributed by atoms with E-state index in [1.807, 2.05) is 26.0 Å². The summed E-state index contributed by atoms with van der Waals surface area (Å²) in [7, 11) is 0. The molecular formula is C10H15NO2. The average molecular weight is 181 g/mol. The van der Waals surface area contributed by atoms with Crippen LogP contribution in [0.25, 0.3) is 0 Å². The van der Waals surface area contributed by atoms with Gasteiger partial charge in [0.25, 0.3) is 0 Å². The Kier molecular flexibility index (Phi) is 3.25. The molecular weight excluding hydrogens is 166 g/mol. The third-order valence-electron chi connectivity index (χ3n) is 2.17. The van der Waals surface area contributed by atoms with E-state index in [2.05, 4.69) is 0 Å². The van der Waals surface area contributed by atoms with Crippen LogP contribution in [-0.4, -0.2) is 6.29 Å². The molecule has 1 heterocycles. The van der Waals surface area contributed by atoms with Gasteiger partial charge in [-0.2, -0.15) is 0 Å².